The van der Waals surface area contributed by atoms with E-state index in [2.05, 4.69) is 37.0 Å². The third kappa shape index (κ3) is 1.97. The second-order valence-electron chi connectivity index (χ2n) is 5.06. The van der Waals surface area contributed by atoms with Crippen molar-refractivity contribution in [3.8, 4) is 11.3 Å². The summed E-state index contributed by atoms with van der Waals surface area (Å²) in [6.07, 6.45) is 0. The number of rotatable bonds is 2. The molecule has 3 heteroatoms. The van der Waals surface area contributed by atoms with Crippen molar-refractivity contribution in [2.45, 2.75) is 13.8 Å². The van der Waals surface area contributed by atoms with Crippen LogP contribution in [0.1, 0.15) is 21.5 Å². The average molecular weight is 265 g/mol. The molecule has 0 aliphatic rings. The van der Waals surface area contributed by atoms with E-state index in [1.165, 1.54) is 16.7 Å². The number of aromatic carboxylic acids is 1. The first-order chi connectivity index (χ1) is 9.56. The van der Waals surface area contributed by atoms with Crippen molar-refractivity contribution in [3.05, 3.63) is 59.2 Å². The second kappa shape index (κ2) is 4.53. The van der Waals surface area contributed by atoms with E-state index < -0.39 is 5.97 Å². The van der Waals surface area contributed by atoms with Crippen molar-refractivity contribution in [1.82, 2.24) is 4.98 Å². The van der Waals surface area contributed by atoms with Gasteiger partial charge in [-0.2, -0.15) is 0 Å². The van der Waals surface area contributed by atoms with E-state index in [4.69, 9.17) is 5.11 Å². The first kappa shape index (κ1) is 12.5. The van der Waals surface area contributed by atoms with Gasteiger partial charge in [0.25, 0.3) is 0 Å². The number of carbonyl (C=O) groups is 1. The topological polar surface area (TPSA) is 53.1 Å². The molecule has 0 spiro atoms. The van der Waals surface area contributed by atoms with Gasteiger partial charge in [0.2, 0.25) is 0 Å². The van der Waals surface area contributed by atoms with Crippen LogP contribution in [0.5, 0.6) is 0 Å². The van der Waals surface area contributed by atoms with Gasteiger partial charge in [0.15, 0.2) is 0 Å². The largest absolute Gasteiger partial charge is 0.478 e. The Balaban J connectivity index is 2.21. The molecule has 0 amide bonds. The van der Waals surface area contributed by atoms with Crippen LogP contribution in [-0.4, -0.2) is 16.1 Å². The van der Waals surface area contributed by atoms with E-state index in [1.807, 2.05) is 12.1 Å². The zero-order chi connectivity index (χ0) is 14.3. The summed E-state index contributed by atoms with van der Waals surface area (Å²) >= 11 is 0. The van der Waals surface area contributed by atoms with E-state index >= 15 is 0 Å². The molecular formula is C17H15NO2. The number of fused-ring (bicyclic) bond motifs is 1. The number of aromatic nitrogens is 1. The normalized spacial score (nSPS) is 10.9. The SMILES string of the molecule is Cc1cccc(C)c1-c1cc2ccc(C(=O)O)cc2[nH]1. The highest BCUT2D eigenvalue weighted by Gasteiger charge is 2.10. The van der Waals surface area contributed by atoms with Crippen molar-refractivity contribution in [2.24, 2.45) is 0 Å². The Bertz CT molecular complexity index is 795. The highest BCUT2D eigenvalue weighted by molar-refractivity contribution is 5.95. The van der Waals surface area contributed by atoms with Gasteiger partial charge in [0.05, 0.1) is 5.56 Å². The molecule has 20 heavy (non-hydrogen) atoms. The standard InChI is InChI=1S/C17H15NO2/c1-10-4-3-5-11(2)16(10)15-8-12-6-7-13(17(19)20)9-14(12)18-15/h3-9,18H,1-2H3,(H,19,20). The molecule has 1 aromatic heterocycles. The highest BCUT2D eigenvalue weighted by atomic mass is 16.4. The van der Waals surface area contributed by atoms with Crippen LogP contribution in [-0.2, 0) is 0 Å². The molecule has 0 unspecified atom stereocenters. The first-order valence-electron chi connectivity index (χ1n) is 6.49. The molecular weight excluding hydrogens is 250 g/mol. The van der Waals surface area contributed by atoms with Crippen LogP contribution in [0.4, 0.5) is 0 Å². The number of carboxylic acid groups (broad SMARTS) is 1. The quantitative estimate of drug-likeness (QED) is 0.731. The van der Waals surface area contributed by atoms with Crippen molar-refractivity contribution >= 4 is 16.9 Å². The minimum absolute atomic E-state index is 0.299. The van der Waals surface area contributed by atoms with Gasteiger partial charge < -0.3 is 10.1 Å². The number of hydrogen-bond donors (Lipinski definition) is 2. The Morgan fingerprint density at radius 3 is 2.40 bits per heavy atom. The van der Waals surface area contributed by atoms with Crippen molar-refractivity contribution in [2.75, 3.05) is 0 Å². The van der Waals surface area contributed by atoms with E-state index in [-0.39, 0.29) is 0 Å². The van der Waals surface area contributed by atoms with E-state index in [0.29, 0.717) is 5.56 Å². The predicted octanol–water partition coefficient (Wildman–Crippen LogP) is 4.15. The van der Waals surface area contributed by atoms with Crippen LogP contribution in [0.15, 0.2) is 42.5 Å². The summed E-state index contributed by atoms with van der Waals surface area (Å²) in [7, 11) is 0. The zero-order valence-electron chi connectivity index (χ0n) is 11.4. The van der Waals surface area contributed by atoms with Crippen LogP contribution in [0, 0.1) is 13.8 Å². The Kier molecular flexibility index (Phi) is 2.83. The van der Waals surface area contributed by atoms with Gasteiger partial charge in [-0.05, 0) is 43.2 Å². The summed E-state index contributed by atoms with van der Waals surface area (Å²) in [4.78, 5) is 14.3. The van der Waals surface area contributed by atoms with E-state index in [1.54, 1.807) is 12.1 Å². The molecule has 3 rings (SSSR count). The van der Waals surface area contributed by atoms with Crippen LogP contribution >= 0.6 is 0 Å². The van der Waals surface area contributed by atoms with Gasteiger partial charge in [-0.15, -0.1) is 0 Å². The predicted molar refractivity (Wildman–Crippen MR) is 80.2 cm³/mol. The molecule has 0 saturated carbocycles. The van der Waals surface area contributed by atoms with Crippen molar-refractivity contribution in [3.63, 3.8) is 0 Å². The van der Waals surface area contributed by atoms with Gasteiger partial charge >= 0.3 is 5.97 Å². The van der Waals surface area contributed by atoms with Gasteiger partial charge in [0.1, 0.15) is 0 Å². The molecule has 3 nitrogen and oxygen atoms in total. The average Bonchev–Trinajstić information content (AvgIpc) is 2.80. The molecule has 2 N–H and O–H groups in total. The van der Waals surface area contributed by atoms with Crippen LogP contribution < -0.4 is 0 Å². The fourth-order valence-corrected chi connectivity index (χ4v) is 2.63. The number of carboxylic acids is 1. The summed E-state index contributed by atoms with van der Waals surface area (Å²) in [6, 6.07) is 13.4. The maximum Gasteiger partial charge on any atom is 0.335 e. The molecule has 0 saturated heterocycles. The lowest BCUT2D eigenvalue weighted by atomic mass is 10.0. The van der Waals surface area contributed by atoms with Gasteiger partial charge in [0, 0.05) is 22.2 Å². The lowest BCUT2D eigenvalue weighted by Gasteiger charge is -2.07. The lowest BCUT2D eigenvalue weighted by molar-refractivity contribution is 0.0697. The lowest BCUT2D eigenvalue weighted by Crippen LogP contribution is -1.94. The Morgan fingerprint density at radius 1 is 1.05 bits per heavy atom. The molecule has 0 bridgehead atoms. The molecule has 0 aliphatic heterocycles. The number of nitrogens with one attached hydrogen (secondary N) is 1. The molecule has 2 aromatic carbocycles. The van der Waals surface area contributed by atoms with Gasteiger partial charge in [-0.1, -0.05) is 24.3 Å². The van der Waals surface area contributed by atoms with Crippen molar-refractivity contribution < 1.29 is 9.90 Å². The third-order valence-corrected chi connectivity index (χ3v) is 3.62. The van der Waals surface area contributed by atoms with E-state index in [0.717, 1.165) is 16.6 Å². The van der Waals surface area contributed by atoms with E-state index in [9.17, 15) is 4.79 Å². The molecule has 100 valence electrons. The molecule has 3 aromatic rings. The minimum atomic E-state index is -0.907. The number of aryl methyl sites for hydroxylation is 2. The second-order valence-corrected chi connectivity index (χ2v) is 5.06. The molecule has 0 aliphatic carbocycles. The fourth-order valence-electron chi connectivity index (χ4n) is 2.63. The minimum Gasteiger partial charge on any atom is -0.478 e. The monoisotopic (exact) mass is 265 g/mol. The van der Waals surface area contributed by atoms with Crippen LogP contribution in [0.3, 0.4) is 0 Å². The molecule has 0 radical (unpaired) electrons. The maximum absolute atomic E-state index is 11.0. The summed E-state index contributed by atoms with van der Waals surface area (Å²) in [5, 5.41) is 10.1. The zero-order valence-corrected chi connectivity index (χ0v) is 11.4. The van der Waals surface area contributed by atoms with Crippen molar-refractivity contribution in [1.29, 1.82) is 0 Å². The number of H-pyrrole nitrogens is 1. The number of hydrogen-bond acceptors (Lipinski definition) is 1. The highest BCUT2D eigenvalue weighted by Crippen LogP contribution is 2.29. The van der Waals surface area contributed by atoms with Gasteiger partial charge in [-0.3, -0.25) is 0 Å². The fraction of sp³-hybridized carbons (Fsp3) is 0.118. The molecule has 0 atom stereocenters. The molecule has 0 fully saturated rings. The van der Waals surface area contributed by atoms with Crippen LogP contribution in [0.2, 0.25) is 0 Å². The summed E-state index contributed by atoms with van der Waals surface area (Å²) in [5.41, 5.74) is 5.76. The Labute approximate surface area is 116 Å². The smallest absolute Gasteiger partial charge is 0.335 e. The summed E-state index contributed by atoms with van der Waals surface area (Å²) in [5.74, 6) is -0.907. The Hall–Kier alpha value is -2.55. The third-order valence-electron chi connectivity index (χ3n) is 3.62. The molecule has 1 heterocycles. The first-order valence-corrected chi connectivity index (χ1v) is 6.49. The number of benzene rings is 2. The summed E-state index contributed by atoms with van der Waals surface area (Å²) in [6.45, 7) is 4.16. The maximum atomic E-state index is 11.0. The summed E-state index contributed by atoms with van der Waals surface area (Å²) < 4.78 is 0. The van der Waals surface area contributed by atoms with Gasteiger partial charge in [-0.25, -0.2) is 4.79 Å². The Morgan fingerprint density at radius 2 is 1.75 bits per heavy atom. The number of aromatic amines is 1. The van der Waals surface area contributed by atoms with Crippen LogP contribution in [0.25, 0.3) is 22.2 Å².